The Morgan fingerprint density at radius 3 is 2.47 bits per heavy atom. The lowest BCUT2D eigenvalue weighted by molar-refractivity contribution is -0.229. The van der Waals surface area contributed by atoms with Crippen molar-refractivity contribution in [2.45, 2.75) is 45.2 Å². The first kappa shape index (κ1) is 13.9. The van der Waals surface area contributed by atoms with Crippen molar-refractivity contribution in [3.8, 4) is 0 Å². The standard InChI is InChI=1S/C11H18O6/c1-7(12)15-6-10-9(16-8(2)13)4-5-11(14-3)17-10/h9-11H,4-6H2,1-3H3. The summed E-state index contributed by atoms with van der Waals surface area (Å²) in [5.41, 5.74) is 0. The summed E-state index contributed by atoms with van der Waals surface area (Å²) in [5.74, 6) is -0.767. The van der Waals surface area contributed by atoms with Crippen molar-refractivity contribution in [2.24, 2.45) is 0 Å². The van der Waals surface area contributed by atoms with Crippen LogP contribution in [0.4, 0.5) is 0 Å². The quantitative estimate of drug-likeness (QED) is 0.678. The van der Waals surface area contributed by atoms with Crippen LogP contribution >= 0.6 is 0 Å². The highest BCUT2D eigenvalue weighted by Crippen LogP contribution is 2.23. The number of carbonyl (C=O) groups excluding carboxylic acids is 2. The number of methoxy groups -OCH3 is 1. The third-order valence-corrected chi connectivity index (χ3v) is 2.46. The van der Waals surface area contributed by atoms with Gasteiger partial charge in [-0.1, -0.05) is 0 Å². The van der Waals surface area contributed by atoms with Gasteiger partial charge >= 0.3 is 11.9 Å². The van der Waals surface area contributed by atoms with Crippen molar-refractivity contribution in [2.75, 3.05) is 13.7 Å². The first-order valence-corrected chi connectivity index (χ1v) is 5.51. The van der Waals surface area contributed by atoms with Crippen LogP contribution in [0.25, 0.3) is 0 Å². The van der Waals surface area contributed by atoms with E-state index in [4.69, 9.17) is 18.9 Å². The van der Waals surface area contributed by atoms with Gasteiger partial charge in [-0.15, -0.1) is 0 Å². The minimum absolute atomic E-state index is 0.0626. The van der Waals surface area contributed by atoms with Gasteiger partial charge in [0.2, 0.25) is 0 Å². The minimum Gasteiger partial charge on any atom is -0.463 e. The average molecular weight is 246 g/mol. The van der Waals surface area contributed by atoms with Gasteiger partial charge in [-0.25, -0.2) is 0 Å². The summed E-state index contributed by atoms with van der Waals surface area (Å²) in [4.78, 5) is 21.7. The summed E-state index contributed by atoms with van der Waals surface area (Å²) in [6, 6.07) is 0. The topological polar surface area (TPSA) is 71.1 Å². The molecular weight excluding hydrogens is 228 g/mol. The van der Waals surface area contributed by atoms with Gasteiger partial charge < -0.3 is 18.9 Å². The zero-order chi connectivity index (χ0) is 12.8. The van der Waals surface area contributed by atoms with E-state index in [1.165, 1.54) is 13.8 Å². The summed E-state index contributed by atoms with van der Waals surface area (Å²) in [6.07, 6.45) is 0.0665. The van der Waals surface area contributed by atoms with Crippen LogP contribution in [0.3, 0.4) is 0 Å². The van der Waals surface area contributed by atoms with Crippen molar-refractivity contribution in [3.05, 3.63) is 0 Å². The van der Waals surface area contributed by atoms with E-state index in [1.54, 1.807) is 7.11 Å². The van der Waals surface area contributed by atoms with Crippen molar-refractivity contribution in [3.63, 3.8) is 0 Å². The lowest BCUT2D eigenvalue weighted by atomic mass is 10.1. The SMILES string of the molecule is COC1CCC(OC(C)=O)C(COC(C)=O)O1. The summed E-state index contributed by atoms with van der Waals surface area (Å²) >= 11 is 0. The van der Waals surface area contributed by atoms with Gasteiger partial charge in [-0.3, -0.25) is 9.59 Å². The van der Waals surface area contributed by atoms with E-state index in [0.717, 1.165) is 0 Å². The molecule has 0 amide bonds. The van der Waals surface area contributed by atoms with E-state index >= 15 is 0 Å². The second-order valence-corrected chi connectivity index (χ2v) is 3.87. The molecule has 0 aliphatic carbocycles. The molecule has 0 bridgehead atoms. The van der Waals surface area contributed by atoms with Crippen molar-refractivity contribution >= 4 is 11.9 Å². The van der Waals surface area contributed by atoms with Crippen LogP contribution in [0.2, 0.25) is 0 Å². The van der Waals surface area contributed by atoms with Crippen molar-refractivity contribution in [1.82, 2.24) is 0 Å². The fraction of sp³-hybridized carbons (Fsp3) is 0.818. The molecule has 1 aliphatic rings. The summed E-state index contributed by atoms with van der Waals surface area (Å²) in [7, 11) is 1.54. The minimum atomic E-state index is -0.471. The van der Waals surface area contributed by atoms with Gasteiger partial charge in [-0.05, 0) is 6.42 Å². The number of carbonyl (C=O) groups is 2. The molecule has 98 valence electrons. The maximum Gasteiger partial charge on any atom is 0.302 e. The highest BCUT2D eigenvalue weighted by molar-refractivity contribution is 5.66. The van der Waals surface area contributed by atoms with E-state index in [-0.39, 0.29) is 18.9 Å². The Balaban J connectivity index is 2.54. The lowest BCUT2D eigenvalue weighted by Crippen LogP contribution is -2.44. The predicted molar refractivity (Wildman–Crippen MR) is 57.1 cm³/mol. The Morgan fingerprint density at radius 1 is 1.24 bits per heavy atom. The Kier molecular flexibility index (Phi) is 5.37. The maximum absolute atomic E-state index is 10.9. The third-order valence-electron chi connectivity index (χ3n) is 2.46. The number of ether oxygens (including phenoxy) is 4. The van der Waals surface area contributed by atoms with Gasteiger partial charge in [0.05, 0.1) is 0 Å². The van der Waals surface area contributed by atoms with Crippen LogP contribution < -0.4 is 0 Å². The van der Waals surface area contributed by atoms with Gasteiger partial charge in [-0.2, -0.15) is 0 Å². The normalized spacial score (nSPS) is 28.5. The van der Waals surface area contributed by atoms with Crippen LogP contribution in [-0.2, 0) is 28.5 Å². The van der Waals surface area contributed by atoms with Gasteiger partial charge in [0.1, 0.15) is 18.8 Å². The summed E-state index contributed by atoms with van der Waals surface area (Å²) in [5, 5.41) is 0. The molecule has 0 N–H and O–H groups in total. The van der Waals surface area contributed by atoms with E-state index in [2.05, 4.69) is 0 Å². The van der Waals surface area contributed by atoms with E-state index in [1.807, 2.05) is 0 Å². The van der Waals surface area contributed by atoms with Crippen LogP contribution in [0, 0.1) is 0 Å². The number of hydrogen-bond acceptors (Lipinski definition) is 6. The molecule has 0 saturated carbocycles. The highest BCUT2D eigenvalue weighted by atomic mass is 16.7. The molecule has 1 saturated heterocycles. The molecule has 1 fully saturated rings. The number of esters is 2. The molecule has 3 atom stereocenters. The van der Waals surface area contributed by atoms with Gasteiger partial charge in [0, 0.05) is 27.4 Å². The average Bonchev–Trinajstić information content (AvgIpc) is 2.27. The second-order valence-electron chi connectivity index (χ2n) is 3.87. The maximum atomic E-state index is 10.9. The molecule has 0 spiro atoms. The third kappa shape index (κ3) is 4.70. The van der Waals surface area contributed by atoms with E-state index in [0.29, 0.717) is 12.8 Å². The molecule has 1 heterocycles. The molecule has 0 aromatic heterocycles. The Morgan fingerprint density at radius 2 is 1.94 bits per heavy atom. The molecule has 1 rings (SSSR count). The molecule has 1 aliphatic heterocycles. The molecule has 0 radical (unpaired) electrons. The zero-order valence-corrected chi connectivity index (χ0v) is 10.3. The number of hydrogen-bond donors (Lipinski definition) is 0. The largest absolute Gasteiger partial charge is 0.463 e. The van der Waals surface area contributed by atoms with Gasteiger partial charge in [0.15, 0.2) is 6.29 Å². The first-order chi connectivity index (χ1) is 8.02. The van der Waals surface area contributed by atoms with Crippen molar-refractivity contribution in [1.29, 1.82) is 0 Å². The lowest BCUT2D eigenvalue weighted by Gasteiger charge is -2.34. The highest BCUT2D eigenvalue weighted by Gasteiger charge is 2.34. The molecule has 6 nitrogen and oxygen atoms in total. The first-order valence-electron chi connectivity index (χ1n) is 5.51. The molecule has 3 unspecified atom stereocenters. The smallest absolute Gasteiger partial charge is 0.302 e. The fourth-order valence-electron chi connectivity index (χ4n) is 1.70. The van der Waals surface area contributed by atoms with Crippen LogP contribution in [-0.4, -0.2) is 44.2 Å². The fourth-order valence-corrected chi connectivity index (χ4v) is 1.70. The van der Waals surface area contributed by atoms with Crippen LogP contribution in [0.5, 0.6) is 0 Å². The van der Waals surface area contributed by atoms with E-state index < -0.39 is 18.2 Å². The predicted octanol–water partition coefficient (Wildman–Crippen LogP) is 0.633. The van der Waals surface area contributed by atoms with Gasteiger partial charge in [0.25, 0.3) is 0 Å². The Hall–Kier alpha value is -1.14. The molecule has 17 heavy (non-hydrogen) atoms. The molecular formula is C11H18O6. The molecule has 0 aromatic carbocycles. The molecule has 0 aromatic rings. The van der Waals surface area contributed by atoms with E-state index in [9.17, 15) is 9.59 Å². The van der Waals surface area contributed by atoms with Crippen LogP contribution in [0.1, 0.15) is 26.7 Å². The second kappa shape index (κ2) is 6.56. The zero-order valence-electron chi connectivity index (χ0n) is 10.3. The Bertz CT molecular complexity index is 277. The molecule has 6 heteroatoms. The summed E-state index contributed by atoms with van der Waals surface area (Å²) < 4.78 is 20.6. The van der Waals surface area contributed by atoms with Crippen molar-refractivity contribution < 1.29 is 28.5 Å². The monoisotopic (exact) mass is 246 g/mol. The van der Waals surface area contributed by atoms with Crippen LogP contribution in [0.15, 0.2) is 0 Å². The summed E-state index contributed by atoms with van der Waals surface area (Å²) in [6.45, 7) is 2.72. The Labute approximate surface area is 100 Å². The number of rotatable bonds is 4.